The van der Waals surface area contributed by atoms with Crippen LogP contribution in [0.2, 0.25) is 0 Å². The lowest BCUT2D eigenvalue weighted by Gasteiger charge is -2.12. The maximum atomic E-state index is 5.97. The molecular formula is C17H20N6O. The van der Waals surface area contributed by atoms with E-state index in [1.807, 2.05) is 38.1 Å². The third-order valence-electron chi connectivity index (χ3n) is 3.78. The highest BCUT2D eigenvalue weighted by atomic mass is 16.5. The lowest BCUT2D eigenvalue weighted by Crippen LogP contribution is -2.07. The minimum Gasteiger partial charge on any atom is -0.494 e. The molecule has 0 spiro atoms. The first-order valence-electron chi connectivity index (χ1n) is 7.72. The number of anilines is 3. The summed E-state index contributed by atoms with van der Waals surface area (Å²) in [5, 5.41) is 4.11. The van der Waals surface area contributed by atoms with Crippen LogP contribution in [0, 0.1) is 6.92 Å². The van der Waals surface area contributed by atoms with Crippen molar-refractivity contribution >= 4 is 28.5 Å². The third-order valence-corrected chi connectivity index (χ3v) is 3.78. The highest BCUT2D eigenvalue weighted by molar-refractivity contribution is 5.89. The van der Waals surface area contributed by atoms with E-state index in [4.69, 9.17) is 16.2 Å². The second-order valence-electron chi connectivity index (χ2n) is 5.39. The largest absolute Gasteiger partial charge is 0.494 e. The van der Waals surface area contributed by atoms with Crippen molar-refractivity contribution in [3.63, 3.8) is 0 Å². The van der Waals surface area contributed by atoms with Crippen molar-refractivity contribution in [1.29, 1.82) is 0 Å². The van der Waals surface area contributed by atoms with E-state index in [-0.39, 0.29) is 5.95 Å². The van der Waals surface area contributed by atoms with Gasteiger partial charge in [0.1, 0.15) is 11.6 Å². The van der Waals surface area contributed by atoms with Crippen LogP contribution in [0.5, 0.6) is 5.75 Å². The van der Waals surface area contributed by atoms with Gasteiger partial charge in [0.2, 0.25) is 5.95 Å². The van der Waals surface area contributed by atoms with Crippen LogP contribution < -0.4 is 21.5 Å². The van der Waals surface area contributed by atoms with E-state index in [0.717, 1.165) is 28.0 Å². The monoisotopic (exact) mass is 324 g/mol. The van der Waals surface area contributed by atoms with Gasteiger partial charge in [-0.05, 0) is 49.2 Å². The van der Waals surface area contributed by atoms with E-state index in [0.29, 0.717) is 24.6 Å². The summed E-state index contributed by atoms with van der Waals surface area (Å²) in [6.07, 6.45) is 1.78. The fourth-order valence-corrected chi connectivity index (χ4v) is 2.54. The Morgan fingerprint density at radius 1 is 1.12 bits per heavy atom. The molecule has 5 N–H and O–H groups in total. The van der Waals surface area contributed by atoms with Gasteiger partial charge in [-0.1, -0.05) is 0 Å². The minimum absolute atomic E-state index is 0.132. The number of hydrogen-bond acceptors (Lipinski definition) is 7. The molecule has 0 aliphatic rings. The summed E-state index contributed by atoms with van der Waals surface area (Å²) in [6.45, 7) is 5.22. The first kappa shape index (κ1) is 15.8. The van der Waals surface area contributed by atoms with E-state index >= 15 is 0 Å². The Kier molecular flexibility index (Phi) is 4.33. The first-order chi connectivity index (χ1) is 11.6. The van der Waals surface area contributed by atoms with Crippen LogP contribution >= 0.6 is 0 Å². The van der Waals surface area contributed by atoms with E-state index in [1.165, 1.54) is 0 Å². The van der Waals surface area contributed by atoms with E-state index in [1.54, 1.807) is 6.20 Å². The van der Waals surface area contributed by atoms with Gasteiger partial charge < -0.3 is 21.5 Å². The molecule has 2 aromatic heterocycles. The van der Waals surface area contributed by atoms with Crippen molar-refractivity contribution in [2.75, 3.05) is 23.4 Å². The van der Waals surface area contributed by atoms with Gasteiger partial charge in [-0.3, -0.25) is 0 Å². The average molecular weight is 324 g/mol. The minimum atomic E-state index is 0.132. The van der Waals surface area contributed by atoms with Gasteiger partial charge >= 0.3 is 0 Å². The van der Waals surface area contributed by atoms with Crippen LogP contribution in [0.25, 0.3) is 11.0 Å². The number of nitrogens with two attached hydrogens (primary N) is 2. The Hall–Kier alpha value is -3.09. The molecule has 3 rings (SSSR count). The smallest absolute Gasteiger partial charge is 0.224 e. The van der Waals surface area contributed by atoms with Crippen LogP contribution in [0.4, 0.5) is 17.5 Å². The molecule has 7 nitrogen and oxygen atoms in total. The molecule has 0 saturated heterocycles. The van der Waals surface area contributed by atoms with E-state index in [9.17, 15) is 0 Å². The number of nitrogen functional groups attached to an aromatic ring is 2. The number of hydrogen-bond donors (Lipinski definition) is 3. The fraction of sp³-hybridized carbons (Fsp3) is 0.235. The molecule has 0 saturated carbocycles. The van der Waals surface area contributed by atoms with Crippen molar-refractivity contribution < 1.29 is 4.74 Å². The average Bonchev–Trinajstić information content (AvgIpc) is 2.55. The Bertz CT molecular complexity index is 863. The molecule has 0 aliphatic heterocycles. The zero-order chi connectivity index (χ0) is 17.1. The van der Waals surface area contributed by atoms with Crippen molar-refractivity contribution in [3.05, 3.63) is 41.6 Å². The number of pyridine rings is 1. The standard InChI is InChI=1S/C17H20N6O/c1-3-24-13-6-4-12(5-7-13)20-8-11-9-21-16-14(10(11)2)15(18)22-17(19)23-16/h4-7,9,20H,3,8H2,1-2H3,(H4,18,19,21,22,23). The summed E-state index contributed by atoms with van der Waals surface area (Å²) >= 11 is 0. The number of benzene rings is 1. The molecule has 0 atom stereocenters. The predicted molar refractivity (Wildman–Crippen MR) is 95.8 cm³/mol. The topological polar surface area (TPSA) is 112 Å². The Balaban J connectivity index is 1.81. The van der Waals surface area contributed by atoms with Crippen LogP contribution in [0.3, 0.4) is 0 Å². The van der Waals surface area contributed by atoms with Gasteiger partial charge in [-0.25, -0.2) is 4.98 Å². The first-order valence-corrected chi connectivity index (χ1v) is 7.72. The maximum Gasteiger partial charge on any atom is 0.224 e. The molecule has 3 aromatic rings. The van der Waals surface area contributed by atoms with Gasteiger partial charge in [-0.15, -0.1) is 0 Å². The summed E-state index contributed by atoms with van der Waals surface area (Å²) in [4.78, 5) is 12.5. The summed E-state index contributed by atoms with van der Waals surface area (Å²) in [5.74, 6) is 1.34. The van der Waals surface area contributed by atoms with Crippen molar-refractivity contribution in [2.24, 2.45) is 0 Å². The molecule has 2 heterocycles. The molecule has 0 aliphatic carbocycles. The number of nitrogens with zero attached hydrogens (tertiary/aromatic N) is 3. The van der Waals surface area contributed by atoms with Gasteiger partial charge in [0.05, 0.1) is 12.0 Å². The van der Waals surface area contributed by atoms with E-state index in [2.05, 4.69) is 20.3 Å². The second-order valence-corrected chi connectivity index (χ2v) is 5.39. The molecule has 0 unspecified atom stereocenters. The Labute approximate surface area is 140 Å². The van der Waals surface area contributed by atoms with Crippen molar-refractivity contribution in [1.82, 2.24) is 15.0 Å². The zero-order valence-corrected chi connectivity index (χ0v) is 13.7. The van der Waals surface area contributed by atoms with Gasteiger partial charge in [0, 0.05) is 18.4 Å². The number of nitrogens with one attached hydrogen (secondary N) is 1. The summed E-state index contributed by atoms with van der Waals surface area (Å²) in [6, 6.07) is 7.83. The van der Waals surface area contributed by atoms with Crippen molar-refractivity contribution in [3.8, 4) is 5.75 Å². The molecule has 0 radical (unpaired) electrons. The van der Waals surface area contributed by atoms with Crippen LogP contribution in [-0.2, 0) is 6.54 Å². The second kappa shape index (κ2) is 6.57. The van der Waals surface area contributed by atoms with Crippen LogP contribution in [0.1, 0.15) is 18.1 Å². The molecule has 1 aromatic carbocycles. The third kappa shape index (κ3) is 3.15. The predicted octanol–water partition coefficient (Wildman–Crippen LogP) is 2.51. The van der Waals surface area contributed by atoms with Crippen LogP contribution in [0.15, 0.2) is 30.5 Å². The molecule has 7 heteroatoms. The van der Waals surface area contributed by atoms with E-state index < -0.39 is 0 Å². The summed E-state index contributed by atoms with van der Waals surface area (Å²) < 4.78 is 5.44. The summed E-state index contributed by atoms with van der Waals surface area (Å²) in [5.41, 5.74) is 15.1. The molecular weight excluding hydrogens is 304 g/mol. The SMILES string of the molecule is CCOc1ccc(NCc2cnc3nc(N)nc(N)c3c2C)cc1. The summed E-state index contributed by atoms with van der Waals surface area (Å²) in [7, 11) is 0. The number of aromatic nitrogens is 3. The molecule has 124 valence electrons. The molecule has 24 heavy (non-hydrogen) atoms. The highest BCUT2D eigenvalue weighted by Crippen LogP contribution is 2.24. The maximum absolute atomic E-state index is 5.97. The Morgan fingerprint density at radius 2 is 1.88 bits per heavy atom. The van der Waals surface area contributed by atoms with Crippen molar-refractivity contribution in [2.45, 2.75) is 20.4 Å². The normalized spacial score (nSPS) is 10.8. The lowest BCUT2D eigenvalue weighted by atomic mass is 10.1. The number of ether oxygens (including phenoxy) is 1. The van der Waals surface area contributed by atoms with Gasteiger partial charge in [0.25, 0.3) is 0 Å². The molecule has 0 fully saturated rings. The highest BCUT2D eigenvalue weighted by Gasteiger charge is 2.11. The molecule has 0 bridgehead atoms. The molecule has 0 amide bonds. The van der Waals surface area contributed by atoms with Gasteiger partial charge in [0.15, 0.2) is 5.65 Å². The fourth-order valence-electron chi connectivity index (χ4n) is 2.54. The quantitative estimate of drug-likeness (QED) is 0.661. The lowest BCUT2D eigenvalue weighted by molar-refractivity contribution is 0.340. The zero-order valence-electron chi connectivity index (χ0n) is 13.7. The number of fused-ring (bicyclic) bond motifs is 1. The Morgan fingerprint density at radius 3 is 2.58 bits per heavy atom. The number of rotatable bonds is 5. The number of aryl methyl sites for hydroxylation is 1. The van der Waals surface area contributed by atoms with Gasteiger partial charge in [-0.2, -0.15) is 9.97 Å². The van der Waals surface area contributed by atoms with Crippen LogP contribution in [-0.4, -0.2) is 21.6 Å².